The predicted molar refractivity (Wildman–Crippen MR) is 75.0 cm³/mol. The molecule has 1 amide bonds. The van der Waals surface area contributed by atoms with E-state index < -0.39 is 10.0 Å². The predicted octanol–water partition coefficient (Wildman–Crippen LogP) is 0.514. The Labute approximate surface area is 118 Å². The fourth-order valence-corrected chi connectivity index (χ4v) is 2.85. The van der Waals surface area contributed by atoms with Gasteiger partial charge >= 0.3 is 0 Å². The lowest BCUT2D eigenvalue weighted by molar-refractivity contribution is -0.125. The number of rotatable bonds is 5. The number of anilines is 1. The van der Waals surface area contributed by atoms with Crippen molar-refractivity contribution in [3.63, 3.8) is 0 Å². The number of nitrogens with one attached hydrogen (secondary N) is 1. The summed E-state index contributed by atoms with van der Waals surface area (Å²) >= 11 is 0. The Hall–Kier alpha value is -1.70. The van der Waals surface area contributed by atoms with Crippen LogP contribution in [0, 0.1) is 0 Å². The van der Waals surface area contributed by atoms with Crippen molar-refractivity contribution < 1.29 is 17.9 Å². The van der Waals surface area contributed by atoms with Crippen molar-refractivity contribution in [3.05, 3.63) is 36.9 Å². The monoisotopic (exact) mass is 296 g/mol. The van der Waals surface area contributed by atoms with E-state index >= 15 is 0 Å². The van der Waals surface area contributed by atoms with Gasteiger partial charge in [0, 0.05) is 18.8 Å². The van der Waals surface area contributed by atoms with Crippen LogP contribution in [-0.4, -0.2) is 40.6 Å². The van der Waals surface area contributed by atoms with Gasteiger partial charge in [0.25, 0.3) is 5.91 Å². The Morgan fingerprint density at radius 1 is 1.35 bits per heavy atom. The molecule has 1 aromatic rings. The maximum Gasteiger partial charge on any atom is 0.253 e. The molecule has 0 bridgehead atoms. The number of hydrogen-bond donors (Lipinski definition) is 1. The van der Waals surface area contributed by atoms with Crippen LogP contribution in [0.5, 0.6) is 0 Å². The second-order valence-corrected chi connectivity index (χ2v) is 6.00. The minimum atomic E-state index is -3.53. The average Bonchev–Trinajstić information content (AvgIpc) is 2.46. The molecule has 1 aromatic carbocycles. The lowest BCUT2D eigenvalue weighted by atomic mass is 10.2. The highest BCUT2D eigenvalue weighted by Crippen LogP contribution is 2.19. The number of ether oxygens (including phenoxy) is 1. The maximum atomic E-state index is 11.9. The summed E-state index contributed by atoms with van der Waals surface area (Å²) in [5.41, 5.74) is 0.668. The van der Waals surface area contributed by atoms with E-state index in [0.29, 0.717) is 18.8 Å². The molecule has 0 spiro atoms. The van der Waals surface area contributed by atoms with Gasteiger partial charge in [-0.1, -0.05) is 6.08 Å². The Bertz CT molecular complexity index is 595. The number of amides is 1. The molecule has 20 heavy (non-hydrogen) atoms. The quantitative estimate of drug-likeness (QED) is 0.804. The van der Waals surface area contributed by atoms with Gasteiger partial charge in [0.1, 0.15) is 6.61 Å². The van der Waals surface area contributed by atoms with Crippen LogP contribution in [0.3, 0.4) is 0 Å². The highest BCUT2D eigenvalue weighted by Gasteiger charge is 2.21. The number of sulfonamides is 1. The number of morpholine rings is 1. The topological polar surface area (TPSA) is 75.7 Å². The van der Waals surface area contributed by atoms with Crippen molar-refractivity contribution >= 4 is 21.6 Å². The van der Waals surface area contributed by atoms with Crippen LogP contribution >= 0.6 is 0 Å². The molecule has 0 radical (unpaired) electrons. The summed E-state index contributed by atoms with van der Waals surface area (Å²) in [4.78, 5) is 13.4. The summed E-state index contributed by atoms with van der Waals surface area (Å²) in [7, 11) is -3.53. The lowest BCUT2D eigenvalue weighted by Gasteiger charge is -2.26. The van der Waals surface area contributed by atoms with Crippen LogP contribution in [0.15, 0.2) is 41.8 Å². The molecule has 108 valence electrons. The van der Waals surface area contributed by atoms with E-state index in [1.54, 1.807) is 17.0 Å². The Morgan fingerprint density at radius 3 is 2.65 bits per heavy atom. The molecule has 2 rings (SSSR count). The number of carbonyl (C=O) groups is 1. The molecule has 0 aromatic heterocycles. The van der Waals surface area contributed by atoms with Gasteiger partial charge in [0.2, 0.25) is 10.0 Å². The third-order valence-electron chi connectivity index (χ3n) is 2.86. The molecule has 7 heteroatoms. The van der Waals surface area contributed by atoms with Crippen LogP contribution in [-0.2, 0) is 19.6 Å². The second-order valence-electron chi connectivity index (χ2n) is 4.23. The fourth-order valence-electron chi connectivity index (χ4n) is 1.85. The Balaban J connectivity index is 2.17. The van der Waals surface area contributed by atoms with Gasteiger partial charge in [0.15, 0.2) is 0 Å². The SMILES string of the molecule is C=CCNS(=O)(=O)c1ccc(N2CCOCC2=O)cc1. The van der Waals surface area contributed by atoms with Crippen molar-refractivity contribution in [1.82, 2.24) is 4.72 Å². The number of carbonyl (C=O) groups excluding carboxylic acids is 1. The van der Waals surface area contributed by atoms with E-state index in [0.717, 1.165) is 0 Å². The smallest absolute Gasteiger partial charge is 0.253 e. The number of nitrogens with zero attached hydrogens (tertiary/aromatic N) is 1. The Kier molecular flexibility index (Phi) is 4.53. The molecule has 0 atom stereocenters. The third-order valence-corrected chi connectivity index (χ3v) is 4.30. The third kappa shape index (κ3) is 3.24. The lowest BCUT2D eigenvalue weighted by Crippen LogP contribution is -2.41. The zero-order valence-corrected chi connectivity index (χ0v) is 11.7. The first-order valence-corrected chi connectivity index (χ1v) is 7.61. The first kappa shape index (κ1) is 14.7. The largest absolute Gasteiger partial charge is 0.370 e. The van der Waals surface area contributed by atoms with Crippen molar-refractivity contribution in [2.45, 2.75) is 4.90 Å². The molecule has 1 fully saturated rings. The molecule has 0 saturated carbocycles. The highest BCUT2D eigenvalue weighted by atomic mass is 32.2. The minimum Gasteiger partial charge on any atom is -0.370 e. The first-order valence-electron chi connectivity index (χ1n) is 6.13. The van der Waals surface area contributed by atoms with E-state index in [2.05, 4.69) is 11.3 Å². The van der Waals surface area contributed by atoms with Gasteiger partial charge in [-0.05, 0) is 24.3 Å². The second kappa shape index (κ2) is 6.17. The van der Waals surface area contributed by atoms with Crippen LogP contribution < -0.4 is 9.62 Å². The summed E-state index contributed by atoms with van der Waals surface area (Å²) in [5, 5.41) is 0. The molecular weight excluding hydrogens is 280 g/mol. The van der Waals surface area contributed by atoms with E-state index in [1.807, 2.05) is 0 Å². The summed E-state index contributed by atoms with van der Waals surface area (Å²) in [6.45, 7) is 4.64. The van der Waals surface area contributed by atoms with Crippen molar-refractivity contribution in [2.75, 3.05) is 31.2 Å². The van der Waals surface area contributed by atoms with Gasteiger partial charge in [0.05, 0.1) is 11.5 Å². The van der Waals surface area contributed by atoms with Gasteiger partial charge < -0.3 is 9.64 Å². The van der Waals surface area contributed by atoms with Crippen LogP contribution in [0.25, 0.3) is 0 Å². The molecule has 1 aliphatic heterocycles. The molecular formula is C13H16N2O4S. The van der Waals surface area contributed by atoms with Crippen molar-refractivity contribution in [1.29, 1.82) is 0 Å². The highest BCUT2D eigenvalue weighted by molar-refractivity contribution is 7.89. The molecule has 0 aliphatic carbocycles. The summed E-state index contributed by atoms with van der Waals surface area (Å²) in [5.74, 6) is -0.128. The van der Waals surface area contributed by atoms with Crippen molar-refractivity contribution in [2.24, 2.45) is 0 Å². The van der Waals surface area contributed by atoms with E-state index in [4.69, 9.17) is 4.74 Å². The fraction of sp³-hybridized carbons (Fsp3) is 0.308. The summed E-state index contributed by atoms with van der Waals surface area (Å²) in [6.07, 6.45) is 1.47. The standard InChI is InChI=1S/C13H16N2O4S/c1-2-7-14-20(17,18)12-5-3-11(4-6-12)15-8-9-19-10-13(15)16/h2-6,14H,1,7-10H2. The molecule has 6 nitrogen and oxygen atoms in total. The molecule has 1 N–H and O–H groups in total. The van der Waals surface area contributed by atoms with E-state index in [1.165, 1.54) is 18.2 Å². The molecule has 1 aliphatic rings. The summed E-state index contributed by atoms with van der Waals surface area (Å²) < 4.78 is 31.2. The van der Waals surface area contributed by atoms with E-state index in [-0.39, 0.29) is 24.0 Å². The zero-order chi connectivity index (χ0) is 14.6. The molecule has 1 heterocycles. The summed E-state index contributed by atoms with van der Waals surface area (Å²) in [6, 6.07) is 6.18. The molecule has 1 saturated heterocycles. The maximum absolute atomic E-state index is 11.9. The normalized spacial score (nSPS) is 16.2. The average molecular weight is 296 g/mol. The van der Waals surface area contributed by atoms with Gasteiger partial charge in [-0.25, -0.2) is 13.1 Å². The first-order chi connectivity index (χ1) is 9.54. The van der Waals surface area contributed by atoms with Crippen LogP contribution in [0.4, 0.5) is 5.69 Å². The Morgan fingerprint density at radius 2 is 2.05 bits per heavy atom. The zero-order valence-electron chi connectivity index (χ0n) is 10.9. The van der Waals surface area contributed by atoms with Crippen molar-refractivity contribution in [3.8, 4) is 0 Å². The number of benzene rings is 1. The van der Waals surface area contributed by atoms with Crippen LogP contribution in [0.1, 0.15) is 0 Å². The molecule has 0 unspecified atom stereocenters. The minimum absolute atomic E-state index is 0.0565. The van der Waals surface area contributed by atoms with Crippen LogP contribution in [0.2, 0.25) is 0 Å². The van der Waals surface area contributed by atoms with E-state index in [9.17, 15) is 13.2 Å². The van der Waals surface area contributed by atoms with Gasteiger partial charge in [-0.3, -0.25) is 4.79 Å². The number of hydrogen-bond acceptors (Lipinski definition) is 4. The van der Waals surface area contributed by atoms with Gasteiger partial charge in [-0.2, -0.15) is 0 Å². The van der Waals surface area contributed by atoms with Gasteiger partial charge in [-0.15, -0.1) is 6.58 Å².